The zero-order valence-corrected chi connectivity index (χ0v) is 15.7. The molecule has 0 saturated heterocycles. The highest BCUT2D eigenvalue weighted by Gasteiger charge is 2.18. The first-order chi connectivity index (χ1) is 12.2. The summed E-state index contributed by atoms with van der Waals surface area (Å²) in [6, 6.07) is 9.02. The van der Waals surface area contributed by atoms with E-state index in [9.17, 15) is 17.9 Å². The predicted octanol–water partition coefficient (Wildman–Crippen LogP) is 4.38. The largest absolute Gasteiger partial charge is 0.289 e. The van der Waals surface area contributed by atoms with Crippen LogP contribution < -0.4 is 0 Å². The molecule has 1 heterocycles. The van der Waals surface area contributed by atoms with Crippen molar-refractivity contribution in [3.05, 3.63) is 64.6 Å². The van der Waals surface area contributed by atoms with Crippen molar-refractivity contribution in [2.45, 2.75) is 31.6 Å². The summed E-state index contributed by atoms with van der Waals surface area (Å²) in [6.07, 6.45) is 2.27. The van der Waals surface area contributed by atoms with E-state index in [2.05, 4.69) is 4.98 Å². The predicted molar refractivity (Wildman–Crippen MR) is 98.3 cm³/mol. The molecule has 1 aromatic heterocycles. The van der Waals surface area contributed by atoms with Gasteiger partial charge in [-0.05, 0) is 60.7 Å². The zero-order valence-electron chi connectivity index (χ0n) is 14.8. The molecule has 0 fully saturated rings. The molecule has 0 amide bonds. The third kappa shape index (κ3) is 3.29. The molecule has 3 aromatic rings. The van der Waals surface area contributed by atoms with Crippen LogP contribution in [0.25, 0.3) is 10.9 Å². The minimum atomic E-state index is -3.25. The summed E-state index contributed by atoms with van der Waals surface area (Å²) in [5.41, 5.74) is 3.37. The summed E-state index contributed by atoms with van der Waals surface area (Å²) >= 11 is 0. The van der Waals surface area contributed by atoms with Crippen molar-refractivity contribution in [2.75, 3.05) is 6.26 Å². The number of nitrogens with zero attached hydrogens (tertiary/aromatic N) is 1. The van der Waals surface area contributed by atoms with Crippen molar-refractivity contribution in [2.24, 2.45) is 0 Å². The molecule has 0 aliphatic carbocycles. The van der Waals surface area contributed by atoms with Gasteiger partial charge in [-0.1, -0.05) is 19.1 Å². The third-order valence-electron chi connectivity index (χ3n) is 4.58. The highest BCUT2D eigenvalue weighted by molar-refractivity contribution is 7.90. The topological polar surface area (TPSA) is 66.9 Å². The molecule has 0 saturated carbocycles. The van der Waals surface area contributed by atoms with Gasteiger partial charge in [-0.25, -0.2) is 17.8 Å². The van der Waals surface area contributed by atoms with Gasteiger partial charge in [-0.15, -0.1) is 0 Å². The molecule has 6 heteroatoms. The van der Waals surface area contributed by atoms with Crippen LogP contribution in [0.2, 0.25) is 0 Å². The maximum absolute atomic E-state index is 14.1. The average Bonchev–Trinajstić information content (AvgIpc) is 2.59. The number of rotatable bonds is 4. The second-order valence-electron chi connectivity index (χ2n) is 6.38. The monoisotopic (exact) mass is 372 g/mol. The molecule has 3 rings (SSSR count). The van der Waals surface area contributed by atoms with E-state index in [1.54, 1.807) is 24.3 Å². The normalized spacial score (nSPS) is 11.8. The fourth-order valence-electron chi connectivity index (χ4n) is 3.17. The van der Waals surface area contributed by atoms with E-state index in [1.165, 1.54) is 12.3 Å². The van der Waals surface area contributed by atoms with Crippen LogP contribution >= 0.6 is 0 Å². The molecular weight excluding hydrogens is 353 g/mol. The average molecular weight is 372 g/mol. The Kier molecular flexibility index (Phi) is 4.71. The fourth-order valence-corrected chi connectivity index (χ4v) is 3.80. The molecule has 4 nitrogen and oxygen atoms in total. The van der Waals surface area contributed by atoms with Crippen LogP contribution in [-0.2, 0) is 27.8 Å². The van der Waals surface area contributed by atoms with E-state index in [1.807, 2.05) is 13.8 Å². The lowest BCUT2D eigenvalue weighted by Crippen LogP contribution is -2.04. The summed E-state index contributed by atoms with van der Waals surface area (Å²) in [5.74, 6) is -0.746. The number of sulfone groups is 1. The molecule has 0 spiro atoms. The molecule has 0 bridgehead atoms. The summed E-state index contributed by atoms with van der Waals surface area (Å²) in [5, 5.41) is 12.5. The number of hydrogen-bond acceptors (Lipinski definition) is 3. The lowest BCUT2D eigenvalue weighted by molar-refractivity contribution is 0.359. The first-order valence-electron chi connectivity index (χ1n) is 8.29. The number of pyridine rings is 1. The van der Waals surface area contributed by atoms with Crippen molar-refractivity contribution in [1.82, 2.24) is 4.98 Å². The minimum absolute atomic E-state index is 0.114. The van der Waals surface area contributed by atoms with Crippen LogP contribution in [0.1, 0.15) is 29.3 Å². The standard InChI is InChI=1S/C20H19FNO3S/c1-4-17-15(11-13-5-7-14(8-6-13)26(3,24)25)12(2)19-18(23)10-9-16(21)20(19)22-17/h5-10H,4,11H2,1-3H3. The van der Waals surface area contributed by atoms with Crippen LogP contribution in [-0.4, -0.2) is 19.7 Å². The van der Waals surface area contributed by atoms with E-state index < -0.39 is 15.7 Å². The Bertz CT molecular complexity index is 1090. The smallest absolute Gasteiger partial charge is 0.188 e. The Morgan fingerprint density at radius 2 is 1.73 bits per heavy atom. The number of benzene rings is 2. The Labute approximate surface area is 152 Å². The number of hydrogen-bond donors (Lipinski definition) is 0. The van der Waals surface area contributed by atoms with Gasteiger partial charge in [-0.2, -0.15) is 0 Å². The van der Waals surface area contributed by atoms with Gasteiger partial charge in [0.2, 0.25) is 0 Å². The maximum Gasteiger partial charge on any atom is 0.188 e. The second kappa shape index (κ2) is 6.68. The SMILES string of the molecule is CCc1nc2c(F)ccc([O])c2c(C)c1Cc1ccc(S(C)(=O)=O)cc1. The van der Waals surface area contributed by atoms with E-state index in [0.29, 0.717) is 18.2 Å². The quantitative estimate of drug-likeness (QED) is 0.682. The van der Waals surface area contributed by atoms with Crippen LogP contribution in [0, 0.1) is 12.7 Å². The van der Waals surface area contributed by atoms with Gasteiger partial charge in [-0.3, -0.25) is 5.11 Å². The molecule has 0 aliphatic heterocycles. The molecule has 26 heavy (non-hydrogen) atoms. The highest BCUT2D eigenvalue weighted by Crippen LogP contribution is 2.33. The fraction of sp³-hybridized carbons (Fsp3) is 0.250. The summed E-state index contributed by atoms with van der Waals surface area (Å²) in [7, 11) is -3.25. The van der Waals surface area contributed by atoms with Crippen molar-refractivity contribution in [3.8, 4) is 5.75 Å². The molecule has 135 valence electrons. The summed E-state index contributed by atoms with van der Waals surface area (Å²) in [4.78, 5) is 4.66. The number of halogens is 1. The molecule has 0 unspecified atom stereocenters. The van der Waals surface area contributed by atoms with Gasteiger partial charge in [0.15, 0.2) is 15.6 Å². The molecule has 0 aliphatic rings. The second-order valence-corrected chi connectivity index (χ2v) is 8.39. The third-order valence-corrected chi connectivity index (χ3v) is 5.71. The molecule has 0 N–H and O–H groups in total. The number of aromatic nitrogens is 1. The van der Waals surface area contributed by atoms with E-state index >= 15 is 0 Å². The van der Waals surface area contributed by atoms with Crippen molar-refractivity contribution >= 4 is 20.7 Å². The van der Waals surface area contributed by atoms with E-state index in [0.717, 1.165) is 28.5 Å². The Balaban J connectivity index is 2.13. The summed E-state index contributed by atoms with van der Waals surface area (Å²) < 4.78 is 37.3. The first kappa shape index (κ1) is 18.3. The Hall–Kier alpha value is -2.47. The van der Waals surface area contributed by atoms with Gasteiger partial charge >= 0.3 is 0 Å². The lowest BCUT2D eigenvalue weighted by atomic mass is 9.94. The number of fused-ring (bicyclic) bond motifs is 1. The van der Waals surface area contributed by atoms with Crippen LogP contribution in [0.15, 0.2) is 41.3 Å². The molecule has 2 aromatic carbocycles. The maximum atomic E-state index is 14.1. The zero-order chi connectivity index (χ0) is 19.1. The highest BCUT2D eigenvalue weighted by atomic mass is 32.2. The Morgan fingerprint density at radius 1 is 1.08 bits per heavy atom. The van der Waals surface area contributed by atoms with Gasteiger partial charge in [0.25, 0.3) is 0 Å². The minimum Gasteiger partial charge on any atom is -0.289 e. The summed E-state index contributed by atoms with van der Waals surface area (Å²) in [6.45, 7) is 3.74. The van der Waals surface area contributed by atoms with Crippen molar-refractivity contribution in [1.29, 1.82) is 0 Å². The lowest BCUT2D eigenvalue weighted by Gasteiger charge is -2.15. The van der Waals surface area contributed by atoms with Gasteiger partial charge < -0.3 is 0 Å². The van der Waals surface area contributed by atoms with Gasteiger partial charge in [0.1, 0.15) is 11.3 Å². The van der Waals surface area contributed by atoms with Crippen LogP contribution in [0.4, 0.5) is 4.39 Å². The van der Waals surface area contributed by atoms with Crippen LogP contribution in [0.3, 0.4) is 0 Å². The van der Waals surface area contributed by atoms with Crippen LogP contribution in [0.5, 0.6) is 5.75 Å². The van der Waals surface area contributed by atoms with Gasteiger partial charge in [0, 0.05) is 11.9 Å². The molecule has 1 radical (unpaired) electrons. The first-order valence-corrected chi connectivity index (χ1v) is 10.2. The Morgan fingerprint density at radius 3 is 2.31 bits per heavy atom. The van der Waals surface area contributed by atoms with Gasteiger partial charge in [0.05, 0.1) is 10.3 Å². The molecular formula is C20H19FNO3S. The van der Waals surface area contributed by atoms with Crippen molar-refractivity contribution in [3.63, 3.8) is 0 Å². The van der Waals surface area contributed by atoms with E-state index in [4.69, 9.17) is 0 Å². The number of aryl methyl sites for hydroxylation is 2. The van der Waals surface area contributed by atoms with Crippen molar-refractivity contribution < 1.29 is 17.9 Å². The molecule has 0 atom stereocenters. The van der Waals surface area contributed by atoms with E-state index in [-0.39, 0.29) is 16.2 Å².